The van der Waals surface area contributed by atoms with Crippen molar-refractivity contribution >= 4 is 29.9 Å². The third kappa shape index (κ3) is 15.7. The minimum absolute atomic E-state index is 0.100. The van der Waals surface area contributed by atoms with Gasteiger partial charge in [-0.2, -0.15) is 0 Å². The highest BCUT2D eigenvalue weighted by molar-refractivity contribution is 6.30. The van der Waals surface area contributed by atoms with Gasteiger partial charge in [-0.25, -0.2) is 0 Å². The number of nitrogens with one attached hydrogen (secondary N) is 1. The molecule has 18 atom stereocenters. The number of halogens is 1. The van der Waals surface area contributed by atoms with Crippen LogP contribution >= 0.6 is 11.6 Å². The maximum Gasteiger partial charge on any atom is 0.311 e. The quantitative estimate of drug-likeness (QED) is 0.0851. The van der Waals surface area contributed by atoms with E-state index in [-0.39, 0.29) is 56.1 Å². The number of aliphatic hydroxyl groups is 5. The first-order chi connectivity index (χ1) is 31.7. The predicted molar refractivity (Wildman–Crippen MR) is 255 cm³/mol. The van der Waals surface area contributed by atoms with Crippen LogP contribution in [0.2, 0.25) is 5.02 Å². The van der Waals surface area contributed by atoms with Crippen LogP contribution in [0, 0.1) is 17.8 Å². The Kier molecular flexibility index (Phi) is 23.0. The molecule has 19 heteroatoms. The number of benzene rings is 1. The summed E-state index contributed by atoms with van der Waals surface area (Å²) in [7, 11) is 5.25. The van der Waals surface area contributed by atoms with Crippen LogP contribution < -0.4 is 5.32 Å². The number of carbonyl (C=O) groups excluding carboxylic acids is 2. The molecule has 392 valence electrons. The fourth-order valence-electron chi connectivity index (χ4n) is 10.3. The van der Waals surface area contributed by atoms with Gasteiger partial charge in [-0.3, -0.25) is 19.3 Å². The fraction of sp³-hybridized carbons (Fsp3) is 0.816. The Morgan fingerprint density at radius 2 is 1.66 bits per heavy atom. The van der Waals surface area contributed by atoms with E-state index in [1.165, 1.54) is 14.0 Å². The number of nitrogens with zero attached hydrogens (tertiary/aromatic N) is 2. The van der Waals surface area contributed by atoms with Gasteiger partial charge < -0.3 is 69.3 Å². The monoisotopic (exact) mass is 990 g/mol. The first-order valence-corrected chi connectivity index (χ1v) is 24.4. The van der Waals surface area contributed by atoms with Crippen molar-refractivity contribution in [2.75, 3.05) is 40.8 Å². The molecule has 1 aromatic carbocycles. The Labute approximate surface area is 408 Å². The normalized spacial score (nSPS) is 40.2. The highest BCUT2D eigenvalue weighted by Gasteiger charge is 2.53. The molecule has 3 heterocycles. The molecule has 3 aliphatic heterocycles. The van der Waals surface area contributed by atoms with Gasteiger partial charge in [0.05, 0.1) is 48.0 Å². The molecule has 4 rings (SSSR count). The average molecular weight is 991 g/mol. The molecular weight excluding hydrogens is 906 g/mol. The molecule has 1 amide bonds. The van der Waals surface area contributed by atoms with Gasteiger partial charge in [0.1, 0.15) is 30.0 Å². The van der Waals surface area contributed by atoms with Gasteiger partial charge >= 0.3 is 5.97 Å². The Balaban J connectivity index is 0.00000397. The minimum atomic E-state index is -1.91. The van der Waals surface area contributed by atoms with Crippen molar-refractivity contribution < 1.29 is 73.4 Å². The standard InChI is InChI=1S/C48H82ClN3O13.CH2O2/c1-14-36-48(10,59)41(55)31(6)52(20-16-19-50-37(53)23-33-17-15-18-34(49)22-33)26-27(2)24-46(8,58)43(65-45-39(54)35(51(11)12)21-28(3)61-45)29(4)40(30(5)44(57)63-36)64-38-25-47(9,60-13)42(56)32(7)62-38;2-1-3/h15,17-18,22,27-32,35-36,38-43,45,54-56,58-59H,14,16,19-21,23-26H2,1-13H3,(H,50,53);1H,(H,2,3)/t27-,28-,29+,30-,31-,32+,35+,36-,38+,39-,40+,41-,42+,43-,45+,46-,47-,48-;/m1./s1. The van der Waals surface area contributed by atoms with Crippen molar-refractivity contribution in [2.24, 2.45) is 17.8 Å². The number of aliphatic hydroxyl groups excluding tert-OH is 3. The zero-order valence-electron chi connectivity index (χ0n) is 42.5. The van der Waals surface area contributed by atoms with E-state index < -0.39 is 96.0 Å². The number of ether oxygens (including phenoxy) is 6. The smallest absolute Gasteiger partial charge is 0.311 e. The van der Waals surface area contributed by atoms with E-state index in [2.05, 4.69) is 5.32 Å². The van der Waals surface area contributed by atoms with E-state index >= 15 is 0 Å². The number of hydrogen-bond acceptors (Lipinski definition) is 16. The molecule has 3 fully saturated rings. The third-order valence-electron chi connectivity index (χ3n) is 14.2. The summed E-state index contributed by atoms with van der Waals surface area (Å²) >= 11 is 6.13. The van der Waals surface area contributed by atoms with Gasteiger partial charge in [0, 0.05) is 56.2 Å². The third-order valence-corrected chi connectivity index (χ3v) is 14.5. The van der Waals surface area contributed by atoms with E-state index in [0.717, 1.165) is 5.56 Å². The highest BCUT2D eigenvalue weighted by Crippen LogP contribution is 2.40. The number of methoxy groups -OCH3 is 1. The molecular formula is C49H84ClN3O15. The van der Waals surface area contributed by atoms with Gasteiger partial charge in [0.25, 0.3) is 6.47 Å². The van der Waals surface area contributed by atoms with Gasteiger partial charge in [0.2, 0.25) is 5.91 Å². The number of likely N-dealkylation sites (N-methyl/N-ethyl adjacent to an activating group) is 1. The van der Waals surface area contributed by atoms with Crippen LogP contribution in [0.4, 0.5) is 0 Å². The lowest BCUT2D eigenvalue weighted by atomic mass is 9.77. The molecule has 3 saturated heterocycles. The van der Waals surface area contributed by atoms with E-state index in [1.807, 2.05) is 43.8 Å². The number of carbonyl (C=O) groups is 3. The summed E-state index contributed by atoms with van der Waals surface area (Å²) < 4.78 is 38.0. The van der Waals surface area contributed by atoms with Crippen molar-refractivity contribution in [3.8, 4) is 0 Å². The second-order valence-electron chi connectivity index (χ2n) is 20.3. The first kappa shape index (κ1) is 59.7. The van der Waals surface area contributed by atoms with E-state index in [0.29, 0.717) is 37.5 Å². The lowest BCUT2D eigenvalue weighted by molar-refractivity contribution is -0.318. The molecule has 0 bridgehead atoms. The predicted octanol–water partition coefficient (Wildman–Crippen LogP) is 3.37. The molecule has 0 aliphatic carbocycles. The Bertz CT molecular complexity index is 1730. The summed E-state index contributed by atoms with van der Waals surface area (Å²) in [6.45, 7) is 18.3. The molecule has 0 aromatic heterocycles. The van der Waals surface area contributed by atoms with Gasteiger partial charge in [0.15, 0.2) is 12.6 Å². The van der Waals surface area contributed by atoms with Crippen LogP contribution in [0.3, 0.4) is 0 Å². The number of hydrogen-bond donors (Lipinski definition) is 7. The van der Waals surface area contributed by atoms with Crippen LogP contribution in [0.25, 0.3) is 0 Å². The Morgan fingerprint density at radius 1 is 1.01 bits per heavy atom. The lowest BCUT2D eigenvalue weighted by Crippen LogP contribution is -2.60. The van der Waals surface area contributed by atoms with E-state index in [9.17, 15) is 35.1 Å². The van der Waals surface area contributed by atoms with Crippen molar-refractivity contribution in [3.63, 3.8) is 0 Å². The largest absolute Gasteiger partial charge is 0.483 e. The highest BCUT2D eigenvalue weighted by atomic mass is 35.5. The molecule has 0 unspecified atom stereocenters. The Hall–Kier alpha value is -2.56. The van der Waals surface area contributed by atoms with Crippen LogP contribution in [-0.2, 0) is 49.2 Å². The maximum absolute atomic E-state index is 14.5. The van der Waals surface area contributed by atoms with Crippen LogP contribution in [-0.4, -0.2) is 190 Å². The maximum atomic E-state index is 14.5. The Morgan fingerprint density at radius 3 is 2.25 bits per heavy atom. The molecule has 1 aromatic rings. The summed E-state index contributed by atoms with van der Waals surface area (Å²) in [5, 5.41) is 70.2. The molecule has 0 spiro atoms. The zero-order chi connectivity index (χ0) is 51.5. The number of cyclic esters (lactones) is 1. The number of amides is 1. The SMILES string of the molecule is CC[C@H]1OC(=O)[C@H](C)[C@@H](O[C@H]2C[C@@](C)(OC)[C@@H](O)[C@H](C)O2)[C@H](C)[C@@H](O[C@@H]2O[C@H](C)C[C@H](N(C)C)[C@H]2O)[C@](C)(O)C[C@@H](C)CN(CCCNC(=O)Cc2cccc(Cl)c2)[C@H](C)[C@@H](O)[C@]1(C)O.O=CO. The second kappa shape index (κ2) is 26.2. The number of rotatable bonds is 13. The van der Waals surface area contributed by atoms with Crippen molar-refractivity contribution in [2.45, 2.75) is 198 Å². The second-order valence-corrected chi connectivity index (χ2v) is 20.8. The fourth-order valence-corrected chi connectivity index (χ4v) is 10.5. The summed E-state index contributed by atoms with van der Waals surface area (Å²) in [4.78, 5) is 39.7. The van der Waals surface area contributed by atoms with Gasteiger partial charge in [-0.05, 0) is 112 Å². The van der Waals surface area contributed by atoms with Crippen molar-refractivity contribution in [1.82, 2.24) is 15.1 Å². The van der Waals surface area contributed by atoms with Crippen molar-refractivity contribution in [1.29, 1.82) is 0 Å². The molecule has 3 aliphatic rings. The summed E-state index contributed by atoms with van der Waals surface area (Å²) in [5.74, 6) is -3.03. The summed E-state index contributed by atoms with van der Waals surface area (Å²) in [6, 6.07) is 6.14. The molecule has 7 N–H and O–H groups in total. The number of carboxylic acid groups (broad SMARTS) is 1. The van der Waals surface area contributed by atoms with Crippen LogP contribution in [0.15, 0.2) is 24.3 Å². The summed E-state index contributed by atoms with van der Waals surface area (Å²) in [5.41, 5.74) is -3.84. The van der Waals surface area contributed by atoms with Crippen LogP contribution in [0.5, 0.6) is 0 Å². The van der Waals surface area contributed by atoms with E-state index in [4.69, 9.17) is 49.9 Å². The molecule has 0 saturated carbocycles. The molecule has 68 heavy (non-hydrogen) atoms. The van der Waals surface area contributed by atoms with Crippen LogP contribution in [0.1, 0.15) is 107 Å². The van der Waals surface area contributed by atoms with Crippen molar-refractivity contribution in [3.05, 3.63) is 34.9 Å². The zero-order valence-corrected chi connectivity index (χ0v) is 43.3. The molecule has 0 radical (unpaired) electrons. The average Bonchev–Trinajstić information content (AvgIpc) is 3.26. The van der Waals surface area contributed by atoms with Gasteiger partial charge in [-0.15, -0.1) is 0 Å². The lowest BCUT2D eigenvalue weighted by Gasteiger charge is -2.48. The first-order valence-electron chi connectivity index (χ1n) is 24.0. The number of esters is 1. The summed E-state index contributed by atoms with van der Waals surface area (Å²) in [6.07, 6.45) is -8.34. The molecule has 18 nitrogen and oxygen atoms in total. The minimum Gasteiger partial charge on any atom is -0.483 e. The topological polar surface area (TPSA) is 246 Å². The van der Waals surface area contributed by atoms with Gasteiger partial charge in [-0.1, -0.05) is 44.5 Å². The van der Waals surface area contributed by atoms with E-state index in [1.54, 1.807) is 66.7 Å².